The van der Waals surface area contributed by atoms with Gasteiger partial charge in [-0.2, -0.15) is 0 Å². The van der Waals surface area contributed by atoms with E-state index in [9.17, 15) is 9.50 Å². The molecular formula is C17H15FN4OS. The van der Waals surface area contributed by atoms with E-state index in [1.807, 2.05) is 32.0 Å². The monoisotopic (exact) mass is 342 g/mol. The van der Waals surface area contributed by atoms with E-state index in [1.165, 1.54) is 18.2 Å². The van der Waals surface area contributed by atoms with Crippen molar-refractivity contribution in [3.8, 4) is 5.88 Å². The Labute approximate surface area is 143 Å². The Morgan fingerprint density at radius 3 is 2.83 bits per heavy atom. The van der Waals surface area contributed by atoms with Crippen LogP contribution < -0.4 is 5.32 Å². The predicted molar refractivity (Wildman–Crippen MR) is 96.6 cm³/mol. The molecule has 0 bridgehead atoms. The summed E-state index contributed by atoms with van der Waals surface area (Å²) < 4.78 is 13.2. The van der Waals surface area contributed by atoms with E-state index in [1.54, 1.807) is 0 Å². The zero-order valence-corrected chi connectivity index (χ0v) is 13.9. The van der Waals surface area contributed by atoms with Gasteiger partial charge in [0.25, 0.3) is 0 Å². The molecule has 0 atom stereocenters. The molecule has 0 unspecified atom stereocenters. The van der Waals surface area contributed by atoms with Gasteiger partial charge in [-0.05, 0) is 61.5 Å². The number of azo groups is 1. The van der Waals surface area contributed by atoms with E-state index in [-0.39, 0.29) is 16.7 Å². The third kappa shape index (κ3) is 3.11. The Bertz CT molecular complexity index is 965. The van der Waals surface area contributed by atoms with Crippen LogP contribution in [0.5, 0.6) is 5.88 Å². The fourth-order valence-corrected chi connectivity index (χ4v) is 2.51. The Morgan fingerprint density at radius 1 is 1.25 bits per heavy atom. The van der Waals surface area contributed by atoms with Crippen molar-refractivity contribution >= 4 is 39.6 Å². The fraction of sp³-hybridized carbons (Fsp3) is 0.118. The van der Waals surface area contributed by atoms with Crippen LogP contribution in [0, 0.1) is 19.7 Å². The maximum absolute atomic E-state index is 13.2. The zero-order chi connectivity index (χ0) is 17.3. The van der Waals surface area contributed by atoms with Crippen molar-refractivity contribution in [1.29, 1.82) is 0 Å². The summed E-state index contributed by atoms with van der Waals surface area (Å²) in [7, 11) is 0. The Balaban J connectivity index is 1.84. The highest BCUT2D eigenvalue weighted by Crippen LogP contribution is 2.35. The van der Waals surface area contributed by atoms with Crippen LogP contribution in [0.1, 0.15) is 11.1 Å². The summed E-state index contributed by atoms with van der Waals surface area (Å²) in [6.45, 7) is 3.99. The summed E-state index contributed by atoms with van der Waals surface area (Å²) >= 11 is 5.18. The fourth-order valence-electron chi connectivity index (χ4n) is 2.36. The molecule has 122 valence electrons. The minimum atomic E-state index is -0.403. The molecule has 7 heteroatoms. The molecule has 0 fully saturated rings. The molecule has 2 aromatic carbocycles. The van der Waals surface area contributed by atoms with Gasteiger partial charge in [-0.3, -0.25) is 0 Å². The molecule has 1 heterocycles. The predicted octanol–water partition coefficient (Wildman–Crippen LogP) is 5.11. The van der Waals surface area contributed by atoms with Gasteiger partial charge in [0.2, 0.25) is 11.0 Å². The van der Waals surface area contributed by atoms with Gasteiger partial charge in [0.05, 0.1) is 5.52 Å². The Morgan fingerprint density at radius 2 is 2.04 bits per heavy atom. The van der Waals surface area contributed by atoms with Gasteiger partial charge < -0.3 is 15.4 Å². The van der Waals surface area contributed by atoms with Gasteiger partial charge in [-0.25, -0.2) is 4.39 Å². The van der Waals surface area contributed by atoms with E-state index in [0.29, 0.717) is 10.9 Å². The van der Waals surface area contributed by atoms with Crippen molar-refractivity contribution in [3.63, 3.8) is 0 Å². The summed E-state index contributed by atoms with van der Waals surface area (Å²) in [5, 5.41) is 21.6. The van der Waals surface area contributed by atoms with Crippen LogP contribution in [-0.2, 0) is 0 Å². The molecule has 1 aromatic heterocycles. The lowest BCUT2D eigenvalue weighted by Gasteiger charge is -2.08. The number of benzene rings is 2. The number of aromatic nitrogens is 1. The van der Waals surface area contributed by atoms with Gasteiger partial charge in [0.15, 0.2) is 5.69 Å². The smallest absolute Gasteiger partial charge is 0.218 e. The largest absolute Gasteiger partial charge is 0.493 e. The average molecular weight is 342 g/mol. The molecule has 5 nitrogen and oxygen atoms in total. The molecule has 0 aliphatic heterocycles. The maximum Gasteiger partial charge on any atom is 0.218 e. The third-order valence-electron chi connectivity index (χ3n) is 3.80. The first-order valence-corrected chi connectivity index (χ1v) is 7.65. The number of aryl methyl sites for hydroxylation is 1. The molecule has 0 aliphatic rings. The summed E-state index contributed by atoms with van der Waals surface area (Å²) in [4.78, 5) is 2.66. The number of nitrogens with zero attached hydrogens (tertiary/aromatic N) is 2. The minimum Gasteiger partial charge on any atom is -0.493 e. The molecule has 0 spiro atoms. The van der Waals surface area contributed by atoms with Gasteiger partial charge in [0.1, 0.15) is 5.82 Å². The van der Waals surface area contributed by atoms with Crippen molar-refractivity contribution in [3.05, 3.63) is 53.3 Å². The number of halogens is 1. The second-order valence-electron chi connectivity index (χ2n) is 5.39. The molecule has 0 aliphatic carbocycles. The lowest BCUT2D eigenvalue weighted by Crippen LogP contribution is -2.06. The van der Waals surface area contributed by atoms with E-state index in [0.717, 1.165) is 16.8 Å². The Hall–Kier alpha value is -2.80. The van der Waals surface area contributed by atoms with E-state index < -0.39 is 5.82 Å². The van der Waals surface area contributed by atoms with Gasteiger partial charge >= 0.3 is 0 Å². The van der Waals surface area contributed by atoms with E-state index in [2.05, 4.69) is 20.5 Å². The number of fused-ring (bicyclic) bond motifs is 1. The lowest BCUT2D eigenvalue weighted by molar-refractivity contribution is 0.459. The summed E-state index contributed by atoms with van der Waals surface area (Å²) in [6.07, 6.45) is 0. The van der Waals surface area contributed by atoms with Crippen LogP contribution in [-0.4, -0.2) is 15.2 Å². The highest BCUT2D eigenvalue weighted by molar-refractivity contribution is 7.80. The van der Waals surface area contributed by atoms with Gasteiger partial charge in [-0.15, -0.1) is 10.2 Å². The SMILES string of the molecule is Cc1cccc(NC(=S)N=Nc2c(O)[nH]c3cc(F)ccc23)c1C. The average Bonchev–Trinajstić information content (AvgIpc) is 2.84. The molecule has 0 amide bonds. The highest BCUT2D eigenvalue weighted by atomic mass is 32.1. The number of rotatable bonds is 2. The van der Waals surface area contributed by atoms with E-state index in [4.69, 9.17) is 12.2 Å². The molecular weight excluding hydrogens is 327 g/mol. The highest BCUT2D eigenvalue weighted by Gasteiger charge is 2.11. The molecule has 0 saturated carbocycles. The molecule has 3 rings (SSSR count). The van der Waals surface area contributed by atoms with Crippen LogP contribution in [0.25, 0.3) is 10.9 Å². The van der Waals surface area contributed by atoms with Crippen molar-refractivity contribution < 1.29 is 9.50 Å². The van der Waals surface area contributed by atoms with Crippen LogP contribution >= 0.6 is 12.2 Å². The third-order valence-corrected chi connectivity index (χ3v) is 3.98. The molecule has 0 saturated heterocycles. The first kappa shape index (κ1) is 16.1. The van der Waals surface area contributed by atoms with Gasteiger partial charge in [0, 0.05) is 11.1 Å². The zero-order valence-electron chi connectivity index (χ0n) is 13.1. The topological polar surface area (TPSA) is 72.8 Å². The van der Waals surface area contributed by atoms with Crippen molar-refractivity contribution in [2.24, 2.45) is 10.2 Å². The standard InChI is InChI=1S/C17H15FN4OS/c1-9-4-3-5-13(10(9)2)20-17(24)22-21-15-12-7-6-11(18)8-14(12)19-16(15)23/h3-8,19,23H,1-2H3,(H,20,24). The van der Waals surface area contributed by atoms with Crippen LogP contribution in [0.3, 0.4) is 0 Å². The molecule has 3 N–H and O–H groups in total. The number of aromatic amines is 1. The Kier molecular flexibility index (Phi) is 4.26. The first-order chi connectivity index (χ1) is 11.5. The van der Waals surface area contributed by atoms with Crippen LogP contribution in [0.2, 0.25) is 0 Å². The summed E-state index contributed by atoms with van der Waals surface area (Å²) in [6, 6.07) is 9.92. The van der Waals surface area contributed by atoms with E-state index >= 15 is 0 Å². The van der Waals surface area contributed by atoms with Crippen molar-refractivity contribution in [2.45, 2.75) is 13.8 Å². The minimum absolute atomic E-state index is 0.166. The number of aromatic hydroxyl groups is 1. The number of nitrogens with one attached hydrogen (secondary N) is 2. The van der Waals surface area contributed by atoms with Gasteiger partial charge in [-0.1, -0.05) is 12.1 Å². The quantitative estimate of drug-likeness (QED) is 0.447. The normalized spacial score (nSPS) is 11.3. The number of H-pyrrole nitrogens is 1. The molecule has 0 radical (unpaired) electrons. The summed E-state index contributed by atoms with van der Waals surface area (Å²) in [5.74, 6) is -0.590. The summed E-state index contributed by atoms with van der Waals surface area (Å²) in [5.41, 5.74) is 3.71. The number of hydrogen-bond acceptors (Lipinski definition) is 3. The van der Waals surface area contributed by atoms with Crippen molar-refractivity contribution in [1.82, 2.24) is 4.98 Å². The van der Waals surface area contributed by atoms with Crippen LogP contribution in [0.4, 0.5) is 15.8 Å². The molecule has 24 heavy (non-hydrogen) atoms. The maximum atomic E-state index is 13.2. The second-order valence-corrected chi connectivity index (χ2v) is 5.78. The first-order valence-electron chi connectivity index (χ1n) is 7.25. The van der Waals surface area contributed by atoms with Crippen molar-refractivity contribution in [2.75, 3.05) is 5.32 Å². The molecule has 3 aromatic rings. The number of hydrogen-bond donors (Lipinski definition) is 3. The number of anilines is 1. The second kappa shape index (κ2) is 6.37. The number of thiocarbonyl (C=S) groups is 1. The lowest BCUT2D eigenvalue weighted by atomic mass is 10.1. The van der Waals surface area contributed by atoms with Crippen LogP contribution in [0.15, 0.2) is 46.6 Å².